The molecular weight excluding hydrogens is 160 g/mol. The fourth-order valence-electron chi connectivity index (χ4n) is 0.835. The van der Waals surface area contributed by atoms with E-state index in [1.165, 1.54) is 0 Å². The molecule has 0 spiro atoms. The van der Waals surface area contributed by atoms with Gasteiger partial charge in [0.15, 0.2) is 0 Å². The van der Waals surface area contributed by atoms with Gasteiger partial charge in [-0.1, -0.05) is 23.6 Å². The summed E-state index contributed by atoms with van der Waals surface area (Å²) in [6.07, 6.45) is 6.98. The SMILES string of the molecule is C#CC(CCC(=C)C)OCC(=C)C. The molecule has 0 bridgehead atoms. The first-order valence-corrected chi connectivity index (χ1v) is 4.42. The Morgan fingerprint density at radius 1 is 1.38 bits per heavy atom. The molecule has 0 heterocycles. The van der Waals surface area contributed by atoms with Gasteiger partial charge in [-0.3, -0.25) is 0 Å². The van der Waals surface area contributed by atoms with E-state index in [9.17, 15) is 0 Å². The number of hydrogen-bond donors (Lipinski definition) is 0. The lowest BCUT2D eigenvalue weighted by atomic mass is 10.1. The third-order valence-corrected chi connectivity index (χ3v) is 1.55. The average Bonchev–Trinajstić information content (AvgIpc) is 2.04. The molecule has 0 radical (unpaired) electrons. The molecule has 0 aromatic carbocycles. The van der Waals surface area contributed by atoms with Crippen LogP contribution in [-0.4, -0.2) is 12.7 Å². The normalized spacial score (nSPS) is 11.8. The lowest BCUT2D eigenvalue weighted by Gasteiger charge is -2.11. The van der Waals surface area contributed by atoms with Crippen molar-refractivity contribution >= 4 is 0 Å². The molecule has 13 heavy (non-hydrogen) atoms. The Morgan fingerprint density at radius 2 is 2.00 bits per heavy atom. The lowest BCUT2D eigenvalue weighted by Crippen LogP contribution is -2.11. The summed E-state index contributed by atoms with van der Waals surface area (Å²) < 4.78 is 5.43. The standard InChI is InChI=1S/C12H18O/c1-6-12(8-7-10(2)3)13-9-11(4)5/h1,12H,2,4,7-9H2,3,5H3. The lowest BCUT2D eigenvalue weighted by molar-refractivity contribution is 0.105. The van der Waals surface area contributed by atoms with Crippen LogP contribution in [0.4, 0.5) is 0 Å². The van der Waals surface area contributed by atoms with Crippen molar-refractivity contribution in [2.45, 2.75) is 32.8 Å². The van der Waals surface area contributed by atoms with Crippen LogP contribution in [0.25, 0.3) is 0 Å². The smallest absolute Gasteiger partial charge is 0.118 e. The third kappa shape index (κ3) is 7.36. The van der Waals surface area contributed by atoms with Gasteiger partial charge in [0.05, 0.1) is 6.61 Å². The highest BCUT2D eigenvalue weighted by molar-refractivity contribution is 4.99. The van der Waals surface area contributed by atoms with E-state index in [0.717, 1.165) is 24.0 Å². The summed E-state index contributed by atoms with van der Waals surface area (Å²) in [5.74, 6) is 2.61. The van der Waals surface area contributed by atoms with Gasteiger partial charge in [0.2, 0.25) is 0 Å². The Hall–Kier alpha value is -1.00. The molecule has 0 saturated carbocycles. The van der Waals surface area contributed by atoms with Crippen LogP contribution in [0.1, 0.15) is 26.7 Å². The number of rotatable bonds is 6. The Kier molecular flexibility index (Phi) is 6.01. The first kappa shape index (κ1) is 12.0. The highest BCUT2D eigenvalue weighted by atomic mass is 16.5. The van der Waals surface area contributed by atoms with Gasteiger partial charge in [0.25, 0.3) is 0 Å². The van der Waals surface area contributed by atoms with Crippen molar-refractivity contribution in [3.05, 3.63) is 24.3 Å². The maximum absolute atomic E-state index is 5.43. The Morgan fingerprint density at radius 3 is 2.38 bits per heavy atom. The zero-order valence-corrected chi connectivity index (χ0v) is 8.60. The number of allylic oxidation sites excluding steroid dienone is 1. The molecule has 1 heteroatoms. The molecule has 1 unspecified atom stereocenters. The molecule has 1 nitrogen and oxygen atoms in total. The minimum atomic E-state index is -0.103. The van der Waals surface area contributed by atoms with Crippen LogP contribution in [0.15, 0.2) is 24.3 Å². The second kappa shape index (κ2) is 6.51. The molecule has 0 aromatic rings. The molecule has 0 aliphatic carbocycles. The van der Waals surface area contributed by atoms with Crippen molar-refractivity contribution < 1.29 is 4.74 Å². The van der Waals surface area contributed by atoms with E-state index >= 15 is 0 Å². The van der Waals surface area contributed by atoms with Gasteiger partial charge >= 0.3 is 0 Å². The van der Waals surface area contributed by atoms with Crippen molar-refractivity contribution in [1.29, 1.82) is 0 Å². The quantitative estimate of drug-likeness (QED) is 0.449. The van der Waals surface area contributed by atoms with Crippen LogP contribution in [-0.2, 0) is 4.74 Å². The maximum Gasteiger partial charge on any atom is 0.118 e. The number of terminal acetylenes is 1. The average molecular weight is 178 g/mol. The van der Waals surface area contributed by atoms with Gasteiger partial charge in [0, 0.05) is 0 Å². The first-order chi connectivity index (χ1) is 6.06. The molecule has 0 amide bonds. The van der Waals surface area contributed by atoms with Crippen LogP contribution < -0.4 is 0 Å². The molecule has 72 valence electrons. The summed E-state index contributed by atoms with van der Waals surface area (Å²) in [7, 11) is 0. The molecule has 0 aliphatic rings. The predicted octanol–water partition coefficient (Wildman–Crippen LogP) is 2.94. The van der Waals surface area contributed by atoms with Crippen LogP contribution in [0.3, 0.4) is 0 Å². The largest absolute Gasteiger partial charge is 0.361 e. The van der Waals surface area contributed by atoms with E-state index in [-0.39, 0.29) is 6.10 Å². The van der Waals surface area contributed by atoms with Crippen LogP contribution in [0, 0.1) is 12.3 Å². The van der Waals surface area contributed by atoms with Crippen molar-refractivity contribution in [2.24, 2.45) is 0 Å². The topological polar surface area (TPSA) is 9.23 Å². The predicted molar refractivity (Wildman–Crippen MR) is 57.4 cm³/mol. The molecule has 0 N–H and O–H groups in total. The Bertz CT molecular complexity index is 202. The van der Waals surface area contributed by atoms with Gasteiger partial charge in [-0.25, -0.2) is 0 Å². The highest BCUT2D eigenvalue weighted by Gasteiger charge is 2.04. The summed E-state index contributed by atoms with van der Waals surface area (Å²) >= 11 is 0. The van der Waals surface area contributed by atoms with Crippen LogP contribution in [0.2, 0.25) is 0 Å². The molecule has 0 fully saturated rings. The van der Waals surface area contributed by atoms with Gasteiger partial charge in [-0.15, -0.1) is 13.0 Å². The summed E-state index contributed by atoms with van der Waals surface area (Å²) in [4.78, 5) is 0. The van der Waals surface area contributed by atoms with E-state index in [2.05, 4.69) is 19.1 Å². The van der Waals surface area contributed by atoms with E-state index < -0.39 is 0 Å². The summed E-state index contributed by atoms with van der Waals surface area (Å²) in [5, 5.41) is 0. The second-order valence-corrected chi connectivity index (χ2v) is 3.42. The fraction of sp³-hybridized carbons (Fsp3) is 0.500. The Balaban J connectivity index is 3.71. The number of hydrogen-bond acceptors (Lipinski definition) is 1. The second-order valence-electron chi connectivity index (χ2n) is 3.42. The zero-order chi connectivity index (χ0) is 10.3. The minimum Gasteiger partial charge on any atom is -0.361 e. The van der Waals surface area contributed by atoms with Crippen LogP contribution >= 0.6 is 0 Å². The van der Waals surface area contributed by atoms with E-state index in [0.29, 0.717) is 6.61 Å². The van der Waals surface area contributed by atoms with Gasteiger partial charge in [-0.05, 0) is 26.7 Å². The fourth-order valence-corrected chi connectivity index (χ4v) is 0.835. The van der Waals surface area contributed by atoms with E-state index in [1.54, 1.807) is 0 Å². The summed E-state index contributed by atoms with van der Waals surface area (Å²) in [6.45, 7) is 12.0. The molecule has 0 aromatic heterocycles. The van der Waals surface area contributed by atoms with Crippen molar-refractivity contribution in [2.75, 3.05) is 6.61 Å². The molecular formula is C12H18O. The monoisotopic (exact) mass is 178 g/mol. The van der Waals surface area contributed by atoms with Crippen molar-refractivity contribution in [3.8, 4) is 12.3 Å². The first-order valence-electron chi connectivity index (χ1n) is 4.42. The molecule has 0 aliphatic heterocycles. The Labute approximate surface area is 81.5 Å². The van der Waals surface area contributed by atoms with Gasteiger partial charge in [-0.2, -0.15) is 0 Å². The molecule has 0 rings (SSSR count). The van der Waals surface area contributed by atoms with E-state index in [4.69, 9.17) is 11.2 Å². The van der Waals surface area contributed by atoms with Crippen molar-refractivity contribution in [1.82, 2.24) is 0 Å². The van der Waals surface area contributed by atoms with E-state index in [1.807, 2.05) is 13.8 Å². The van der Waals surface area contributed by atoms with Crippen molar-refractivity contribution in [3.63, 3.8) is 0 Å². The van der Waals surface area contributed by atoms with Gasteiger partial charge < -0.3 is 4.74 Å². The summed E-state index contributed by atoms with van der Waals surface area (Å²) in [6, 6.07) is 0. The summed E-state index contributed by atoms with van der Waals surface area (Å²) in [5.41, 5.74) is 2.13. The van der Waals surface area contributed by atoms with Crippen LogP contribution in [0.5, 0.6) is 0 Å². The maximum atomic E-state index is 5.43. The third-order valence-electron chi connectivity index (χ3n) is 1.55. The number of ether oxygens (including phenoxy) is 1. The highest BCUT2D eigenvalue weighted by Crippen LogP contribution is 2.07. The molecule has 0 saturated heterocycles. The zero-order valence-electron chi connectivity index (χ0n) is 8.60. The minimum absolute atomic E-state index is 0.103. The van der Waals surface area contributed by atoms with Gasteiger partial charge in [0.1, 0.15) is 6.10 Å². The molecule has 1 atom stereocenters.